The summed E-state index contributed by atoms with van der Waals surface area (Å²) in [6.07, 6.45) is 0.310. The number of benzene rings is 1. The monoisotopic (exact) mass is 239 g/mol. The summed E-state index contributed by atoms with van der Waals surface area (Å²) in [5.74, 6) is -0.673. The van der Waals surface area contributed by atoms with Crippen LogP contribution in [0.5, 0.6) is 5.75 Å². The Hall–Kier alpha value is -2.44. The molecule has 0 aliphatic carbocycles. The summed E-state index contributed by atoms with van der Waals surface area (Å²) in [5.41, 5.74) is -0.580. The number of methoxy groups -OCH3 is 1. The lowest BCUT2D eigenvalue weighted by atomic mass is 10.2. The molecule has 0 atom stereocenters. The Balaban J connectivity index is 2.99. The lowest BCUT2D eigenvalue weighted by Crippen LogP contribution is -2.13. The van der Waals surface area contributed by atoms with E-state index in [9.17, 15) is 19.7 Å². The molecule has 0 unspecified atom stereocenters. The Morgan fingerprint density at radius 2 is 2.24 bits per heavy atom. The number of nitro benzene ring substituents is 1. The van der Waals surface area contributed by atoms with Crippen molar-refractivity contribution in [1.82, 2.24) is 0 Å². The molecule has 0 spiro atoms. The molecule has 1 aromatic carbocycles. The summed E-state index contributed by atoms with van der Waals surface area (Å²) in [5, 5.41) is 10.6. The van der Waals surface area contributed by atoms with Gasteiger partial charge in [0.05, 0.1) is 12.0 Å². The number of nitrogens with zero attached hydrogens (tertiary/aromatic N) is 1. The van der Waals surface area contributed by atoms with Crippen molar-refractivity contribution in [2.75, 3.05) is 13.7 Å². The molecule has 7 nitrogen and oxygen atoms in total. The van der Waals surface area contributed by atoms with Gasteiger partial charge in [-0.1, -0.05) is 6.07 Å². The lowest BCUT2D eigenvalue weighted by Gasteiger charge is -2.06. The molecule has 0 bridgehead atoms. The Morgan fingerprint density at radius 1 is 1.53 bits per heavy atom. The van der Waals surface area contributed by atoms with Gasteiger partial charge in [-0.25, -0.2) is 4.79 Å². The minimum atomic E-state index is -0.700. The second kappa shape index (κ2) is 5.59. The van der Waals surface area contributed by atoms with Gasteiger partial charge in [-0.3, -0.25) is 14.9 Å². The minimum absolute atomic E-state index is 0.0281. The quantitative estimate of drug-likeness (QED) is 0.328. The predicted molar refractivity (Wildman–Crippen MR) is 56.0 cm³/mol. The third-order valence-corrected chi connectivity index (χ3v) is 1.93. The van der Waals surface area contributed by atoms with Gasteiger partial charge >= 0.3 is 5.97 Å². The largest absolute Gasteiger partial charge is 0.481 e. The minimum Gasteiger partial charge on any atom is -0.481 e. The molecule has 1 rings (SSSR count). The van der Waals surface area contributed by atoms with Crippen molar-refractivity contribution in [1.29, 1.82) is 0 Å². The second-order valence-electron chi connectivity index (χ2n) is 2.93. The first kappa shape index (κ1) is 12.6. The first-order valence-corrected chi connectivity index (χ1v) is 4.52. The molecular formula is C10H9NO6. The average Bonchev–Trinajstić information content (AvgIpc) is 2.34. The summed E-state index contributed by atoms with van der Waals surface area (Å²) in [6.45, 7) is -0.418. The molecule has 90 valence electrons. The highest BCUT2D eigenvalue weighted by atomic mass is 16.6. The van der Waals surface area contributed by atoms with Gasteiger partial charge in [-0.2, -0.15) is 0 Å². The van der Waals surface area contributed by atoms with E-state index in [2.05, 4.69) is 4.74 Å². The van der Waals surface area contributed by atoms with Crippen LogP contribution in [0, 0.1) is 10.1 Å². The maximum Gasteiger partial charge on any atom is 0.343 e. The molecule has 0 fully saturated rings. The number of nitro groups is 1. The van der Waals surface area contributed by atoms with Gasteiger partial charge in [0.2, 0.25) is 0 Å². The average molecular weight is 239 g/mol. The number of esters is 1. The van der Waals surface area contributed by atoms with Crippen LogP contribution in [0.1, 0.15) is 10.4 Å². The van der Waals surface area contributed by atoms with E-state index in [4.69, 9.17) is 4.74 Å². The molecular weight excluding hydrogens is 230 g/mol. The molecule has 0 heterocycles. The van der Waals surface area contributed by atoms with E-state index in [1.54, 1.807) is 0 Å². The molecule has 0 N–H and O–H groups in total. The van der Waals surface area contributed by atoms with Gasteiger partial charge in [-0.15, -0.1) is 0 Å². The van der Waals surface area contributed by atoms with Gasteiger partial charge in [0.1, 0.15) is 11.3 Å². The number of aldehydes is 1. The Bertz CT molecular complexity index is 456. The SMILES string of the molecule is COC(=O)COc1cccc([N+](=O)[O-])c1C=O. The number of ether oxygens (including phenoxy) is 2. The summed E-state index contributed by atoms with van der Waals surface area (Å²) < 4.78 is 9.30. The topological polar surface area (TPSA) is 95.7 Å². The molecule has 0 aliphatic heterocycles. The first-order valence-electron chi connectivity index (χ1n) is 4.52. The van der Waals surface area contributed by atoms with Gasteiger partial charge in [0.25, 0.3) is 5.69 Å². The van der Waals surface area contributed by atoms with Crippen molar-refractivity contribution in [2.24, 2.45) is 0 Å². The first-order chi connectivity index (χ1) is 8.10. The van der Waals surface area contributed by atoms with Gasteiger partial charge < -0.3 is 9.47 Å². The fourth-order valence-electron chi connectivity index (χ4n) is 1.13. The number of rotatable bonds is 5. The zero-order valence-corrected chi connectivity index (χ0v) is 8.91. The Morgan fingerprint density at radius 3 is 2.76 bits per heavy atom. The van der Waals surface area contributed by atoms with E-state index in [0.29, 0.717) is 6.29 Å². The second-order valence-corrected chi connectivity index (χ2v) is 2.93. The van der Waals surface area contributed by atoms with Crippen molar-refractivity contribution in [3.63, 3.8) is 0 Å². The molecule has 0 radical (unpaired) electrons. The molecule has 0 saturated carbocycles. The lowest BCUT2D eigenvalue weighted by molar-refractivity contribution is -0.385. The number of carbonyl (C=O) groups is 2. The van der Waals surface area contributed by atoms with Crippen LogP contribution < -0.4 is 4.74 Å². The normalized spacial score (nSPS) is 9.47. The van der Waals surface area contributed by atoms with Crippen molar-refractivity contribution in [2.45, 2.75) is 0 Å². The zero-order chi connectivity index (χ0) is 12.8. The summed E-state index contributed by atoms with van der Waals surface area (Å²) in [4.78, 5) is 31.5. The molecule has 0 aliphatic rings. The fourth-order valence-corrected chi connectivity index (χ4v) is 1.13. The number of hydrogen-bond donors (Lipinski definition) is 0. The standard InChI is InChI=1S/C10H9NO6/c1-16-10(13)6-17-9-4-2-3-8(11(14)15)7(9)5-12/h2-5H,6H2,1H3. The van der Waals surface area contributed by atoms with Crippen LogP contribution in [0.25, 0.3) is 0 Å². The Labute approximate surface area is 96.1 Å². The third kappa shape index (κ3) is 3.00. The molecule has 1 aromatic rings. The molecule has 7 heteroatoms. The maximum atomic E-state index is 10.8. The third-order valence-electron chi connectivity index (χ3n) is 1.93. The number of hydrogen-bond acceptors (Lipinski definition) is 6. The van der Waals surface area contributed by atoms with Crippen LogP contribution in [-0.4, -0.2) is 30.9 Å². The molecule has 0 saturated heterocycles. The van der Waals surface area contributed by atoms with Gasteiger partial charge in [0, 0.05) is 6.07 Å². The smallest absolute Gasteiger partial charge is 0.343 e. The van der Waals surface area contributed by atoms with Crippen molar-refractivity contribution in [3.05, 3.63) is 33.9 Å². The van der Waals surface area contributed by atoms with Crippen LogP contribution >= 0.6 is 0 Å². The summed E-state index contributed by atoms with van der Waals surface area (Å²) in [7, 11) is 1.18. The Kier molecular flexibility index (Phi) is 4.15. The summed E-state index contributed by atoms with van der Waals surface area (Å²) >= 11 is 0. The maximum absolute atomic E-state index is 10.8. The molecule has 17 heavy (non-hydrogen) atoms. The van der Waals surface area contributed by atoms with Crippen molar-refractivity contribution >= 4 is 17.9 Å². The van der Waals surface area contributed by atoms with E-state index in [0.717, 1.165) is 0 Å². The van der Waals surface area contributed by atoms with E-state index < -0.39 is 17.5 Å². The van der Waals surface area contributed by atoms with Crippen LogP contribution in [0.4, 0.5) is 5.69 Å². The van der Waals surface area contributed by atoms with Crippen molar-refractivity contribution in [3.8, 4) is 5.75 Å². The van der Waals surface area contributed by atoms with Crippen LogP contribution in [0.2, 0.25) is 0 Å². The van der Waals surface area contributed by atoms with Crippen LogP contribution in [0.3, 0.4) is 0 Å². The highest BCUT2D eigenvalue weighted by Gasteiger charge is 2.18. The summed E-state index contributed by atoms with van der Waals surface area (Å²) in [6, 6.07) is 3.89. The number of carbonyl (C=O) groups excluding carboxylic acids is 2. The predicted octanol–water partition coefficient (Wildman–Crippen LogP) is 0.959. The van der Waals surface area contributed by atoms with E-state index in [1.807, 2.05) is 0 Å². The highest BCUT2D eigenvalue weighted by molar-refractivity contribution is 5.85. The van der Waals surface area contributed by atoms with Gasteiger partial charge in [0.15, 0.2) is 12.9 Å². The van der Waals surface area contributed by atoms with Crippen LogP contribution in [-0.2, 0) is 9.53 Å². The van der Waals surface area contributed by atoms with Crippen LogP contribution in [0.15, 0.2) is 18.2 Å². The van der Waals surface area contributed by atoms with E-state index in [1.165, 1.54) is 25.3 Å². The van der Waals surface area contributed by atoms with E-state index >= 15 is 0 Å². The molecule has 0 amide bonds. The highest BCUT2D eigenvalue weighted by Crippen LogP contribution is 2.26. The van der Waals surface area contributed by atoms with E-state index in [-0.39, 0.29) is 17.0 Å². The van der Waals surface area contributed by atoms with Gasteiger partial charge in [-0.05, 0) is 6.07 Å². The molecule has 0 aromatic heterocycles. The van der Waals surface area contributed by atoms with Crippen molar-refractivity contribution < 1.29 is 24.0 Å². The zero-order valence-electron chi connectivity index (χ0n) is 8.91. The fraction of sp³-hybridized carbons (Fsp3) is 0.200.